The molecule has 3 nitrogen and oxygen atoms in total. The predicted octanol–water partition coefficient (Wildman–Crippen LogP) is 4.54. The quantitative estimate of drug-likeness (QED) is 0.878. The molecule has 3 rings (SSSR count). The van der Waals surface area contributed by atoms with E-state index in [1.807, 2.05) is 12.1 Å². The molecule has 1 atom stereocenters. The molecular formula is C21H23NO2. The van der Waals surface area contributed by atoms with Crippen molar-refractivity contribution in [2.45, 2.75) is 25.8 Å². The molecule has 3 heteroatoms. The number of hydrogen-bond acceptors (Lipinski definition) is 2. The fraction of sp³-hybridized carbons (Fsp3) is 0.286. The van der Waals surface area contributed by atoms with Gasteiger partial charge in [-0.3, -0.25) is 4.90 Å². The zero-order valence-electron chi connectivity index (χ0n) is 14.0. The van der Waals surface area contributed by atoms with Gasteiger partial charge in [-0.15, -0.1) is 0 Å². The van der Waals surface area contributed by atoms with Crippen LogP contribution in [-0.4, -0.2) is 29.1 Å². The number of hydrogen-bond donors (Lipinski definition) is 1. The van der Waals surface area contributed by atoms with Crippen LogP contribution in [0.4, 0.5) is 0 Å². The molecule has 1 fully saturated rings. The van der Waals surface area contributed by atoms with E-state index in [-0.39, 0.29) is 6.04 Å². The topological polar surface area (TPSA) is 40.5 Å². The number of likely N-dealkylation sites (tertiary alicyclic amines) is 1. The minimum absolute atomic E-state index is 0.238. The zero-order valence-corrected chi connectivity index (χ0v) is 14.0. The van der Waals surface area contributed by atoms with Gasteiger partial charge in [0, 0.05) is 0 Å². The first kappa shape index (κ1) is 16.5. The van der Waals surface area contributed by atoms with Gasteiger partial charge in [0.2, 0.25) is 0 Å². The number of carboxylic acids is 1. The second-order valence-corrected chi connectivity index (χ2v) is 6.39. The lowest BCUT2D eigenvalue weighted by molar-refractivity contribution is 0.0697. The zero-order chi connectivity index (χ0) is 16.9. The summed E-state index contributed by atoms with van der Waals surface area (Å²) in [6.45, 7) is 4.32. The van der Waals surface area contributed by atoms with Crippen LogP contribution in [0.25, 0.3) is 6.08 Å². The summed E-state index contributed by atoms with van der Waals surface area (Å²) in [5.74, 6) is -0.889. The molecule has 0 aromatic heterocycles. The van der Waals surface area contributed by atoms with Gasteiger partial charge < -0.3 is 5.11 Å². The van der Waals surface area contributed by atoms with E-state index in [0.717, 1.165) is 18.7 Å². The van der Waals surface area contributed by atoms with Gasteiger partial charge in [0.25, 0.3) is 0 Å². The fourth-order valence-corrected chi connectivity index (χ4v) is 3.20. The van der Waals surface area contributed by atoms with Crippen molar-refractivity contribution in [3.8, 4) is 0 Å². The van der Waals surface area contributed by atoms with Crippen molar-refractivity contribution in [1.82, 2.24) is 4.90 Å². The summed E-state index contributed by atoms with van der Waals surface area (Å²) in [5.41, 5.74) is 3.79. The van der Waals surface area contributed by atoms with Crippen LogP contribution in [-0.2, 0) is 0 Å². The first-order valence-corrected chi connectivity index (χ1v) is 8.46. The van der Waals surface area contributed by atoms with Crippen molar-refractivity contribution in [3.63, 3.8) is 0 Å². The molecule has 0 bridgehead atoms. The van der Waals surface area contributed by atoms with E-state index in [2.05, 4.69) is 42.2 Å². The molecule has 1 aliphatic heterocycles. The third-order valence-corrected chi connectivity index (χ3v) is 4.56. The number of rotatable bonds is 5. The molecule has 0 spiro atoms. The van der Waals surface area contributed by atoms with Crippen molar-refractivity contribution in [2.24, 2.45) is 0 Å². The highest BCUT2D eigenvalue weighted by Gasteiger charge is 2.21. The molecule has 2 aromatic carbocycles. The van der Waals surface area contributed by atoms with Gasteiger partial charge in [-0.25, -0.2) is 4.79 Å². The average molecular weight is 321 g/mol. The normalized spacial score (nSPS) is 16.5. The molecule has 1 unspecified atom stereocenters. The van der Waals surface area contributed by atoms with Gasteiger partial charge in [0.15, 0.2) is 0 Å². The monoisotopic (exact) mass is 321 g/mol. The van der Waals surface area contributed by atoms with Crippen molar-refractivity contribution in [3.05, 3.63) is 76.9 Å². The summed E-state index contributed by atoms with van der Waals surface area (Å²) in [5, 5.41) is 9.13. The third kappa shape index (κ3) is 3.92. The van der Waals surface area contributed by atoms with E-state index in [9.17, 15) is 4.79 Å². The van der Waals surface area contributed by atoms with Crippen LogP contribution < -0.4 is 0 Å². The van der Waals surface area contributed by atoms with E-state index in [1.165, 1.54) is 24.0 Å². The van der Waals surface area contributed by atoms with Gasteiger partial charge in [-0.05, 0) is 56.1 Å². The standard InChI is InChI=1S/C21H23NO2/c1-16-7-10-18(11-8-16)20(22-13-2-3-14-22)12-9-17-5-4-6-19(15-17)21(23)24/h4-12,15,20H,2-3,13-14H2,1H3,(H,23,24)/b12-9+. The second-order valence-electron chi connectivity index (χ2n) is 6.39. The average Bonchev–Trinajstić information content (AvgIpc) is 3.11. The Morgan fingerprint density at radius 1 is 1.12 bits per heavy atom. The lowest BCUT2D eigenvalue weighted by Crippen LogP contribution is -2.24. The van der Waals surface area contributed by atoms with Crippen molar-refractivity contribution < 1.29 is 9.90 Å². The Morgan fingerprint density at radius 3 is 2.50 bits per heavy atom. The molecule has 1 aliphatic rings. The van der Waals surface area contributed by atoms with Gasteiger partial charge in [0.05, 0.1) is 11.6 Å². The maximum atomic E-state index is 11.1. The Labute approximate surface area is 143 Å². The highest BCUT2D eigenvalue weighted by molar-refractivity contribution is 5.88. The molecule has 24 heavy (non-hydrogen) atoms. The molecule has 2 aromatic rings. The van der Waals surface area contributed by atoms with Crippen LogP contribution in [0.1, 0.15) is 45.9 Å². The molecule has 1 saturated heterocycles. The summed E-state index contributed by atoms with van der Waals surface area (Å²) < 4.78 is 0. The van der Waals surface area contributed by atoms with E-state index >= 15 is 0 Å². The van der Waals surface area contributed by atoms with Gasteiger partial charge in [-0.2, -0.15) is 0 Å². The Balaban J connectivity index is 1.87. The Morgan fingerprint density at radius 2 is 1.83 bits per heavy atom. The van der Waals surface area contributed by atoms with Crippen LogP contribution in [0.5, 0.6) is 0 Å². The third-order valence-electron chi connectivity index (χ3n) is 4.56. The number of carbonyl (C=O) groups is 1. The summed E-state index contributed by atoms with van der Waals surface area (Å²) in [4.78, 5) is 13.6. The van der Waals surface area contributed by atoms with Crippen molar-refractivity contribution >= 4 is 12.0 Å². The number of aromatic carboxylic acids is 1. The number of carboxylic acid groups (broad SMARTS) is 1. The Kier molecular flexibility index (Phi) is 5.11. The van der Waals surface area contributed by atoms with Gasteiger partial charge >= 0.3 is 5.97 Å². The van der Waals surface area contributed by atoms with Crippen molar-refractivity contribution in [1.29, 1.82) is 0 Å². The van der Waals surface area contributed by atoms with Crippen molar-refractivity contribution in [2.75, 3.05) is 13.1 Å². The second kappa shape index (κ2) is 7.45. The minimum atomic E-state index is -0.889. The molecule has 1 N–H and O–H groups in total. The minimum Gasteiger partial charge on any atom is -0.478 e. The lowest BCUT2D eigenvalue weighted by atomic mass is 10.0. The maximum absolute atomic E-state index is 11.1. The Bertz CT molecular complexity index is 728. The molecular weight excluding hydrogens is 298 g/mol. The van der Waals surface area contributed by atoms with Gasteiger partial charge in [0.1, 0.15) is 0 Å². The largest absolute Gasteiger partial charge is 0.478 e. The van der Waals surface area contributed by atoms with Gasteiger partial charge in [-0.1, -0.05) is 54.1 Å². The molecule has 0 radical (unpaired) electrons. The molecule has 0 saturated carbocycles. The molecule has 0 amide bonds. The molecule has 1 heterocycles. The fourth-order valence-electron chi connectivity index (χ4n) is 3.20. The van der Waals surface area contributed by atoms with Crippen LogP contribution in [0, 0.1) is 6.92 Å². The van der Waals surface area contributed by atoms with E-state index < -0.39 is 5.97 Å². The lowest BCUT2D eigenvalue weighted by Gasteiger charge is -2.25. The summed E-state index contributed by atoms with van der Waals surface area (Å²) >= 11 is 0. The Hall–Kier alpha value is -2.39. The van der Waals surface area contributed by atoms with Crippen LogP contribution in [0.15, 0.2) is 54.6 Å². The highest BCUT2D eigenvalue weighted by atomic mass is 16.4. The smallest absolute Gasteiger partial charge is 0.335 e. The first-order chi connectivity index (χ1) is 11.6. The van der Waals surface area contributed by atoms with E-state index in [0.29, 0.717) is 5.56 Å². The summed E-state index contributed by atoms with van der Waals surface area (Å²) in [6, 6.07) is 16.0. The molecule has 0 aliphatic carbocycles. The molecule has 124 valence electrons. The number of aryl methyl sites for hydroxylation is 1. The number of benzene rings is 2. The first-order valence-electron chi connectivity index (χ1n) is 8.46. The van der Waals surface area contributed by atoms with E-state index in [4.69, 9.17) is 5.11 Å². The predicted molar refractivity (Wildman–Crippen MR) is 97.2 cm³/mol. The number of nitrogens with zero attached hydrogens (tertiary/aromatic N) is 1. The van der Waals surface area contributed by atoms with Crippen LogP contribution in [0.3, 0.4) is 0 Å². The SMILES string of the molecule is Cc1ccc(C(/C=C/c2cccc(C(=O)O)c2)N2CCCC2)cc1. The summed E-state index contributed by atoms with van der Waals surface area (Å²) in [7, 11) is 0. The van der Waals surface area contributed by atoms with Crippen LogP contribution in [0.2, 0.25) is 0 Å². The summed E-state index contributed by atoms with van der Waals surface area (Å²) in [6.07, 6.45) is 6.71. The van der Waals surface area contributed by atoms with E-state index in [1.54, 1.807) is 18.2 Å². The highest BCUT2D eigenvalue weighted by Crippen LogP contribution is 2.27. The maximum Gasteiger partial charge on any atom is 0.335 e. The van der Waals surface area contributed by atoms with Crippen LogP contribution >= 0.6 is 0 Å².